The van der Waals surface area contributed by atoms with Crippen LogP contribution >= 0.6 is 0 Å². The maximum Gasteiger partial charge on any atom is 0.310 e. The second kappa shape index (κ2) is 7.91. The van der Waals surface area contributed by atoms with Crippen molar-refractivity contribution in [2.24, 2.45) is 0 Å². The zero-order valence-corrected chi connectivity index (χ0v) is 11.7. The van der Waals surface area contributed by atoms with E-state index < -0.39 is 0 Å². The number of carbonyl (C=O) groups is 1. The van der Waals surface area contributed by atoms with Crippen LogP contribution in [0.2, 0.25) is 0 Å². The Morgan fingerprint density at radius 2 is 1.83 bits per heavy atom. The summed E-state index contributed by atoms with van der Waals surface area (Å²) in [5.74, 6) is 0.406. The standard InChI is InChI=1S/C16H24O2/c1-4-5-6-11-18-16(17)12-14-7-9-15(10-8-14)13(2)3/h7-10,13H,4-6,11-12H2,1-3H3. The molecule has 0 saturated carbocycles. The average Bonchev–Trinajstić information content (AvgIpc) is 2.35. The first-order chi connectivity index (χ1) is 8.63. The Labute approximate surface area is 110 Å². The predicted octanol–water partition coefficient (Wildman–Crippen LogP) is 4.09. The third-order valence-electron chi connectivity index (χ3n) is 3.01. The molecule has 0 amide bonds. The van der Waals surface area contributed by atoms with E-state index in [1.54, 1.807) is 0 Å². The van der Waals surface area contributed by atoms with Gasteiger partial charge in [-0.15, -0.1) is 0 Å². The second-order valence-electron chi connectivity index (χ2n) is 5.00. The molecule has 18 heavy (non-hydrogen) atoms. The molecule has 0 heterocycles. The summed E-state index contributed by atoms with van der Waals surface area (Å²) in [6, 6.07) is 8.21. The molecule has 0 aliphatic carbocycles. The minimum atomic E-state index is -0.122. The van der Waals surface area contributed by atoms with E-state index in [0.717, 1.165) is 24.8 Å². The van der Waals surface area contributed by atoms with Gasteiger partial charge in [-0.25, -0.2) is 0 Å². The molecule has 0 atom stereocenters. The van der Waals surface area contributed by atoms with Crippen LogP contribution in [0.4, 0.5) is 0 Å². The van der Waals surface area contributed by atoms with E-state index in [-0.39, 0.29) is 5.97 Å². The van der Waals surface area contributed by atoms with Gasteiger partial charge in [0.2, 0.25) is 0 Å². The van der Waals surface area contributed by atoms with Crippen molar-refractivity contribution in [1.29, 1.82) is 0 Å². The molecule has 1 aromatic rings. The molecule has 0 aliphatic rings. The molecule has 2 nitrogen and oxygen atoms in total. The van der Waals surface area contributed by atoms with Crippen LogP contribution in [-0.4, -0.2) is 12.6 Å². The summed E-state index contributed by atoms with van der Waals surface area (Å²) in [5.41, 5.74) is 2.33. The fourth-order valence-electron chi connectivity index (χ4n) is 1.78. The van der Waals surface area contributed by atoms with Gasteiger partial charge >= 0.3 is 5.97 Å². The van der Waals surface area contributed by atoms with Gasteiger partial charge in [0.15, 0.2) is 0 Å². The summed E-state index contributed by atoms with van der Waals surface area (Å²) in [4.78, 5) is 11.6. The van der Waals surface area contributed by atoms with Gasteiger partial charge in [-0.3, -0.25) is 4.79 Å². The van der Waals surface area contributed by atoms with Crippen molar-refractivity contribution >= 4 is 5.97 Å². The molecule has 0 bridgehead atoms. The molecule has 100 valence electrons. The predicted molar refractivity (Wildman–Crippen MR) is 74.7 cm³/mol. The number of hydrogen-bond donors (Lipinski definition) is 0. The lowest BCUT2D eigenvalue weighted by Crippen LogP contribution is -2.09. The Kier molecular flexibility index (Phi) is 6.48. The van der Waals surface area contributed by atoms with Gasteiger partial charge in [0.25, 0.3) is 0 Å². The molecule has 0 aliphatic heterocycles. The molecule has 0 N–H and O–H groups in total. The lowest BCUT2D eigenvalue weighted by atomic mass is 10.0. The van der Waals surface area contributed by atoms with Gasteiger partial charge in [0.05, 0.1) is 13.0 Å². The Morgan fingerprint density at radius 3 is 2.39 bits per heavy atom. The van der Waals surface area contributed by atoms with Gasteiger partial charge in [-0.05, 0) is 23.5 Å². The number of carbonyl (C=O) groups excluding carboxylic acids is 1. The molecule has 1 rings (SSSR count). The van der Waals surface area contributed by atoms with Crippen LogP contribution in [0.15, 0.2) is 24.3 Å². The third-order valence-corrected chi connectivity index (χ3v) is 3.01. The zero-order valence-electron chi connectivity index (χ0n) is 11.7. The van der Waals surface area contributed by atoms with Crippen LogP contribution in [0.3, 0.4) is 0 Å². The summed E-state index contributed by atoms with van der Waals surface area (Å²) in [5, 5.41) is 0. The van der Waals surface area contributed by atoms with Gasteiger partial charge in [0, 0.05) is 0 Å². The molecular weight excluding hydrogens is 224 g/mol. The minimum absolute atomic E-state index is 0.122. The zero-order chi connectivity index (χ0) is 13.4. The number of rotatable bonds is 7. The number of hydrogen-bond acceptors (Lipinski definition) is 2. The summed E-state index contributed by atoms with van der Waals surface area (Å²) in [6.07, 6.45) is 3.61. The quantitative estimate of drug-likeness (QED) is 0.536. The maximum atomic E-state index is 11.6. The maximum absolute atomic E-state index is 11.6. The normalized spacial score (nSPS) is 10.7. The van der Waals surface area contributed by atoms with Crippen molar-refractivity contribution in [2.45, 2.75) is 52.4 Å². The first-order valence-corrected chi connectivity index (χ1v) is 6.88. The smallest absolute Gasteiger partial charge is 0.310 e. The molecule has 0 fully saturated rings. The highest BCUT2D eigenvalue weighted by atomic mass is 16.5. The van der Waals surface area contributed by atoms with Crippen LogP contribution < -0.4 is 0 Å². The molecule has 1 aromatic carbocycles. The average molecular weight is 248 g/mol. The van der Waals surface area contributed by atoms with Crippen LogP contribution in [-0.2, 0) is 16.0 Å². The van der Waals surface area contributed by atoms with Crippen molar-refractivity contribution in [3.63, 3.8) is 0 Å². The van der Waals surface area contributed by atoms with E-state index >= 15 is 0 Å². The van der Waals surface area contributed by atoms with Crippen LogP contribution in [0, 0.1) is 0 Å². The number of esters is 1. The van der Waals surface area contributed by atoms with E-state index in [1.807, 2.05) is 12.1 Å². The summed E-state index contributed by atoms with van der Waals surface area (Å²) < 4.78 is 5.19. The molecular formula is C16H24O2. The van der Waals surface area contributed by atoms with Gasteiger partial charge in [0.1, 0.15) is 0 Å². The van der Waals surface area contributed by atoms with Crippen molar-refractivity contribution in [2.75, 3.05) is 6.61 Å². The van der Waals surface area contributed by atoms with Crippen molar-refractivity contribution in [1.82, 2.24) is 0 Å². The Hall–Kier alpha value is -1.31. The SMILES string of the molecule is CCCCCOC(=O)Cc1ccc(C(C)C)cc1. The largest absolute Gasteiger partial charge is 0.465 e. The minimum Gasteiger partial charge on any atom is -0.465 e. The van der Waals surface area contributed by atoms with E-state index in [0.29, 0.717) is 18.9 Å². The second-order valence-corrected chi connectivity index (χ2v) is 5.00. The summed E-state index contributed by atoms with van der Waals surface area (Å²) >= 11 is 0. The topological polar surface area (TPSA) is 26.3 Å². The highest BCUT2D eigenvalue weighted by molar-refractivity contribution is 5.72. The highest BCUT2D eigenvalue weighted by Crippen LogP contribution is 2.15. The lowest BCUT2D eigenvalue weighted by Gasteiger charge is -2.07. The van der Waals surface area contributed by atoms with Crippen molar-refractivity contribution in [3.8, 4) is 0 Å². The number of unbranched alkanes of at least 4 members (excludes halogenated alkanes) is 2. The van der Waals surface area contributed by atoms with Gasteiger partial charge < -0.3 is 4.74 Å². The first kappa shape index (κ1) is 14.7. The van der Waals surface area contributed by atoms with Gasteiger partial charge in [-0.2, -0.15) is 0 Å². The van der Waals surface area contributed by atoms with Crippen molar-refractivity contribution < 1.29 is 9.53 Å². The Morgan fingerprint density at radius 1 is 1.17 bits per heavy atom. The van der Waals surface area contributed by atoms with Crippen molar-refractivity contribution in [3.05, 3.63) is 35.4 Å². The summed E-state index contributed by atoms with van der Waals surface area (Å²) in [6.45, 7) is 7.02. The van der Waals surface area contributed by atoms with E-state index in [1.165, 1.54) is 5.56 Å². The molecule has 2 heteroatoms. The highest BCUT2D eigenvalue weighted by Gasteiger charge is 2.05. The van der Waals surface area contributed by atoms with Crippen LogP contribution in [0.25, 0.3) is 0 Å². The molecule has 0 unspecified atom stereocenters. The molecule has 0 saturated heterocycles. The number of benzene rings is 1. The molecule has 0 radical (unpaired) electrons. The first-order valence-electron chi connectivity index (χ1n) is 6.88. The van der Waals surface area contributed by atoms with Gasteiger partial charge in [-0.1, -0.05) is 57.9 Å². The van der Waals surface area contributed by atoms with E-state index in [4.69, 9.17) is 4.74 Å². The molecule has 0 spiro atoms. The fraction of sp³-hybridized carbons (Fsp3) is 0.562. The van der Waals surface area contributed by atoms with E-state index in [9.17, 15) is 4.79 Å². The molecule has 0 aromatic heterocycles. The Balaban J connectivity index is 2.35. The van der Waals surface area contributed by atoms with Crippen LogP contribution in [0.1, 0.15) is 57.1 Å². The lowest BCUT2D eigenvalue weighted by molar-refractivity contribution is -0.142. The van der Waals surface area contributed by atoms with E-state index in [2.05, 4.69) is 32.9 Å². The van der Waals surface area contributed by atoms with Crippen LogP contribution in [0.5, 0.6) is 0 Å². The Bertz CT molecular complexity index is 352. The monoisotopic (exact) mass is 248 g/mol. The third kappa shape index (κ3) is 5.35. The fourth-order valence-corrected chi connectivity index (χ4v) is 1.78. The summed E-state index contributed by atoms with van der Waals surface area (Å²) in [7, 11) is 0. The number of ether oxygens (including phenoxy) is 1.